The van der Waals surface area contributed by atoms with Crippen LogP contribution in [0.15, 0.2) is 36.4 Å². The topological polar surface area (TPSA) is 48.1 Å². The molecule has 4 heteroatoms. The second-order valence-corrected chi connectivity index (χ2v) is 5.15. The zero-order valence-corrected chi connectivity index (χ0v) is 12.5. The van der Waals surface area contributed by atoms with Crippen molar-refractivity contribution in [1.29, 1.82) is 0 Å². The van der Waals surface area contributed by atoms with Crippen molar-refractivity contribution < 1.29 is 9.13 Å². The molecule has 2 N–H and O–H groups in total. The highest BCUT2D eigenvalue weighted by molar-refractivity contribution is 5.30. The summed E-state index contributed by atoms with van der Waals surface area (Å²) < 4.78 is 19.4. The van der Waals surface area contributed by atoms with Gasteiger partial charge in [0.25, 0.3) is 0 Å². The SMILES string of the molecule is CCC(N)Cc1nc(C)ccc1OCc1ccccc1F. The predicted octanol–water partition coefficient (Wildman–Crippen LogP) is 3.39. The van der Waals surface area contributed by atoms with Crippen molar-refractivity contribution in [3.8, 4) is 5.75 Å². The molecule has 0 bridgehead atoms. The molecule has 0 radical (unpaired) electrons. The van der Waals surface area contributed by atoms with E-state index in [1.165, 1.54) is 6.07 Å². The fourth-order valence-electron chi connectivity index (χ4n) is 2.04. The fourth-order valence-corrected chi connectivity index (χ4v) is 2.04. The van der Waals surface area contributed by atoms with Gasteiger partial charge in [0.1, 0.15) is 18.2 Å². The number of nitrogens with zero attached hydrogens (tertiary/aromatic N) is 1. The number of pyridine rings is 1. The summed E-state index contributed by atoms with van der Waals surface area (Å²) in [4.78, 5) is 4.50. The fraction of sp³-hybridized carbons (Fsp3) is 0.353. The Balaban J connectivity index is 2.14. The third-order valence-electron chi connectivity index (χ3n) is 3.39. The molecule has 0 fully saturated rings. The van der Waals surface area contributed by atoms with E-state index in [0.29, 0.717) is 17.7 Å². The van der Waals surface area contributed by atoms with Crippen LogP contribution < -0.4 is 10.5 Å². The molecule has 2 rings (SSSR count). The van der Waals surface area contributed by atoms with E-state index in [4.69, 9.17) is 10.5 Å². The highest BCUT2D eigenvalue weighted by atomic mass is 19.1. The molecule has 0 aliphatic heterocycles. The molecular formula is C17H21FN2O. The number of aryl methyl sites for hydroxylation is 1. The Morgan fingerprint density at radius 2 is 2.00 bits per heavy atom. The first-order chi connectivity index (χ1) is 10.1. The summed E-state index contributed by atoms with van der Waals surface area (Å²) in [5.41, 5.74) is 8.29. The molecule has 0 saturated heterocycles. The van der Waals surface area contributed by atoms with Gasteiger partial charge in [-0.05, 0) is 31.5 Å². The van der Waals surface area contributed by atoms with Crippen LogP contribution in [0.4, 0.5) is 4.39 Å². The van der Waals surface area contributed by atoms with Crippen molar-refractivity contribution in [3.63, 3.8) is 0 Å². The molecular weight excluding hydrogens is 267 g/mol. The summed E-state index contributed by atoms with van der Waals surface area (Å²) in [7, 11) is 0. The molecule has 0 aliphatic rings. The molecule has 112 valence electrons. The maximum Gasteiger partial charge on any atom is 0.141 e. The van der Waals surface area contributed by atoms with Gasteiger partial charge in [-0.3, -0.25) is 4.98 Å². The Bertz CT molecular complexity index is 601. The van der Waals surface area contributed by atoms with Crippen LogP contribution in [0.1, 0.15) is 30.3 Å². The normalized spacial score (nSPS) is 12.2. The zero-order valence-electron chi connectivity index (χ0n) is 12.5. The lowest BCUT2D eigenvalue weighted by Gasteiger charge is -2.14. The molecule has 0 spiro atoms. The second kappa shape index (κ2) is 7.18. The lowest BCUT2D eigenvalue weighted by molar-refractivity contribution is 0.294. The molecule has 1 aromatic heterocycles. The molecule has 1 unspecified atom stereocenters. The minimum absolute atomic E-state index is 0.0510. The highest BCUT2D eigenvalue weighted by Crippen LogP contribution is 2.21. The minimum atomic E-state index is -0.260. The number of rotatable bonds is 6. The van der Waals surface area contributed by atoms with Gasteiger partial charge in [-0.1, -0.05) is 25.1 Å². The van der Waals surface area contributed by atoms with Crippen LogP contribution in [0.3, 0.4) is 0 Å². The molecule has 2 aromatic rings. The van der Waals surface area contributed by atoms with Crippen molar-refractivity contribution in [3.05, 3.63) is 59.2 Å². The smallest absolute Gasteiger partial charge is 0.141 e. The quantitative estimate of drug-likeness (QED) is 0.886. The third-order valence-corrected chi connectivity index (χ3v) is 3.39. The van der Waals surface area contributed by atoms with Gasteiger partial charge in [0.05, 0.1) is 5.69 Å². The first-order valence-corrected chi connectivity index (χ1v) is 7.18. The van der Waals surface area contributed by atoms with Gasteiger partial charge < -0.3 is 10.5 Å². The zero-order chi connectivity index (χ0) is 15.2. The Kier molecular flexibility index (Phi) is 5.28. The second-order valence-electron chi connectivity index (χ2n) is 5.15. The lowest BCUT2D eigenvalue weighted by Crippen LogP contribution is -2.22. The largest absolute Gasteiger partial charge is 0.487 e. The van der Waals surface area contributed by atoms with E-state index in [2.05, 4.69) is 4.98 Å². The van der Waals surface area contributed by atoms with E-state index < -0.39 is 0 Å². The van der Waals surface area contributed by atoms with Crippen molar-refractivity contribution in [2.24, 2.45) is 5.73 Å². The number of halogens is 1. The molecule has 0 aliphatic carbocycles. The third kappa shape index (κ3) is 4.26. The van der Waals surface area contributed by atoms with E-state index in [0.717, 1.165) is 17.8 Å². The molecule has 0 saturated carbocycles. The van der Waals surface area contributed by atoms with Crippen molar-refractivity contribution in [1.82, 2.24) is 4.98 Å². The first kappa shape index (κ1) is 15.4. The number of hydrogen-bond donors (Lipinski definition) is 1. The van der Waals surface area contributed by atoms with E-state index >= 15 is 0 Å². The Labute approximate surface area is 125 Å². The van der Waals surface area contributed by atoms with Crippen LogP contribution >= 0.6 is 0 Å². The first-order valence-electron chi connectivity index (χ1n) is 7.18. The summed E-state index contributed by atoms with van der Waals surface area (Å²) >= 11 is 0. The summed E-state index contributed by atoms with van der Waals surface area (Å²) in [5.74, 6) is 0.414. The van der Waals surface area contributed by atoms with Gasteiger partial charge in [-0.25, -0.2) is 4.39 Å². The van der Waals surface area contributed by atoms with Crippen LogP contribution in [0.5, 0.6) is 5.75 Å². The Morgan fingerprint density at radius 1 is 1.24 bits per heavy atom. The number of aromatic nitrogens is 1. The molecule has 0 amide bonds. The van der Waals surface area contributed by atoms with Gasteiger partial charge in [0.15, 0.2) is 0 Å². The van der Waals surface area contributed by atoms with Crippen LogP contribution in [0.25, 0.3) is 0 Å². The van der Waals surface area contributed by atoms with Crippen LogP contribution in [0, 0.1) is 12.7 Å². The van der Waals surface area contributed by atoms with Crippen molar-refractivity contribution >= 4 is 0 Å². The van der Waals surface area contributed by atoms with Gasteiger partial charge in [0.2, 0.25) is 0 Å². The molecule has 1 aromatic carbocycles. The van der Waals surface area contributed by atoms with Crippen LogP contribution in [0.2, 0.25) is 0 Å². The molecule has 1 heterocycles. The van der Waals surface area contributed by atoms with Crippen LogP contribution in [-0.2, 0) is 13.0 Å². The van der Waals surface area contributed by atoms with Crippen LogP contribution in [-0.4, -0.2) is 11.0 Å². The molecule has 21 heavy (non-hydrogen) atoms. The number of hydrogen-bond acceptors (Lipinski definition) is 3. The maximum atomic E-state index is 13.6. The van der Waals surface area contributed by atoms with Crippen molar-refractivity contribution in [2.75, 3.05) is 0 Å². The van der Waals surface area contributed by atoms with E-state index in [-0.39, 0.29) is 18.5 Å². The van der Waals surface area contributed by atoms with Gasteiger partial charge in [0, 0.05) is 23.7 Å². The standard InChI is InChI=1S/C17H21FN2O/c1-3-14(19)10-16-17(9-8-12(2)20-16)21-11-13-6-4-5-7-15(13)18/h4-9,14H,3,10-11,19H2,1-2H3. The Hall–Kier alpha value is -1.94. The van der Waals surface area contributed by atoms with E-state index in [9.17, 15) is 4.39 Å². The monoisotopic (exact) mass is 288 g/mol. The van der Waals surface area contributed by atoms with E-state index in [1.54, 1.807) is 18.2 Å². The predicted molar refractivity (Wildman–Crippen MR) is 81.7 cm³/mol. The summed E-state index contributed by atoms with van der Waals surface area (Å²) in [5, 5.41) is 0. The summed E-state index contributed by atoms with van der Waals surface area (Å²) in [6, 6.07) is 10.4. The van der Waals surface area contributed by atoms with Gasteiger partial charge in [-0.2, -0.15) is 0 Å². The number of ether oxygens (including phenoxy) is 1. The Morgan fingerprint density at radius 3 is 2.71 bits per heavy atom. The lowest BCUT2D eigenvalue weighted by atomic mass is 10.1. The minimum Gasteiger partial charge on any atom is -0.487 e. The average Bonchev–Trinajstić information content (AvgIpc) is 2.48. The van der Waals surface area contributed by atoms with Gasteiger partial charge >= 0.3 is 0 Å². The number of nitrogens with two attached hydrogens (primary N) is 1. The number of benzene rings is 1. The molecule has 1 atom stereocenters. The molecule has 3 nitrogen and oxygen atoms in total. The summed E-state index contributed by atoms with van der Waals surface area (Å²) in [6.07, 6.45) is 1.53. The average molecular weight is 288 g/mol. The van der Waals surface area contributed by atoms with Gasteiger partial charge in [-0.15, -0.1) is 0 Å². The highest BCUT2D eigenvalue weighted by Gasteiger charge is 2.11. The van der Waals surface area contributed by atoms with E-state index in [1.807, 2.05) is 26.0 Å². The maximum absolute atomic E-state index is 13.6. The van der Waals surface area contributed by atoms with Crippen molar-refractivity contribution in [2.45, 2.75) is 39.3 Å². The summed E-state index contributed by atoms with van der Waals surface area (Å²) in [6.45, 7) is 4.16.